The quantitative estimate of drug-likeness (QED) is 0.168. The first-order chi connectivity index (χ1) is 19.2. The molecule has 0 aromatic rings. The van der Waals surface area contributed by atoms with E-state index < -0.39 is 22.2 Å². The number of hydrogen-bond acceptors (Lipinski definition) is 6. The topological polar surface area (TPSA) is 44.8 Å². The number of fused-ring (bicyclic) bond motifs is 4. The number of thioether (sulfide) groups is 2. The monoisotopic (exact) mass is 650 g/mol. The van der Waals surface area contributed by atoms with E-state index in [4.69, 9.17) is 13.6 Å². The van der Waals surface area contributed by atoms with Crippen LogP contribution in [-0.4, -0.2) is 62.4 Å². The summed E-state index contributed by atoms with van der Waals surface area (Å²) in [6, 6.07) is 0. The van der Waals surface area contributed by atoms with Gasteiger partial charge in [0.25, 0.3) is 0 Å². The fraction of sp³-hybridized carbons (Fsp3) is 0.912. The zero-order valence-corrected chi connectivity index (χ0v) is 32.0. The summed E-state index contributed by atoms with van der Waals surface area (Å²) < 4.78 is 22.0. The Balaban J connectivity index is 1.41. The van der Waals surface area contributed by atoms with E-state index in [0.29, 0.717) is 12.0 Å². The molecule has 238 valence electrons. The van der Waals surface area contributed by atoms with Crippen molar-refractivity contribution in [3.05, 3.63) is 11.1 Å². The van der Waals surface area contributed by atoms with Crippen LogP contribution in [-0.2, 0) is 18.4 Å². The average molecular weight is 651 g/mol. The molecule has 1 unspecified atom stereocenters. The molecule has 0 radical (unpaired) electrons. The molecule has 0 amide bonds. The molecule has 0 aromatic heterocycles. The highest BCUT2D eigenvalue weighted by Gasteiger charge is 2.77. The summed E-state index contributed by atoms with van der Waals surface area (Å²) in [5, 5.41) is 0.350. The number of carbonyl (C=O) groups excluding carboxylic acids is 1. The second kappa shape index (κ2) is 9.96. The lowest BCUT2D eigenvalue weighted by atomic mass is 9.51. The second-order valence-corrected chi connectivity index (χ2v) is 30.8. The molecule has 2 saturated carbocycles. The van der Waals surface area contributed by atoms with Crippen LogP contribution in [0.2, 0.25) is 36.3 Å². The molecule has 42 heavy (non-hydrogen) atoms. The van der Waals surface area contributed by atoms with Crippen molar-refractivity contribution < 1.29 is 18.4 Å². The standard InChI is InChI=1S/C34H58O4S2Si2/c1-29(2,3)41(8,9)37-23-13-14-31(7)24(17-23)26(38-42(10,11)30(4,5)6)18-25-28(31)27-19-32(22-35)20-33(21-34(25,32)36-27)39-15-12-16-40-33/h22-24,26-27H,12-21H2,1-11H3/t23-,24-,26-,27?,31-,32+,34+/m0/s1. The molecule has 3 aliphatic heterocycles. The number of hydrogen-bond donors (Lipinski definition) is 0. The molecule has 0 N–H and O–H groups in total. The summed E-state index contributed by atoms with van der Waals surface area (Å²) in [5.74, 6) is 2.84. The van der Waals surface area contributed by atoms with E-state index in [1.54, 1.807) is 5.57 Å². The summed E-state index contributed by atoms with van der Waals surface area (Å²) >= 11 is 4.25. The van der Waals surface area contributed by atoms with Crippen molar-refractivity contribution in [2.45, 2.75) is 164 Å². The predicted octanol–water partition coefficient (Wildman–Crippen LogP) is 9.36. The van der Waals surface area contributed by atoms with Gasteiger partial charge in [-0.15, -0.1) is 23.5 Å². The van der Waals surface area contributed by atoms with E-state index in [1.165, 1.54) is 29.8 Å². The lowest BCUT2D eigenvalue weighted by Crippen LogP contribution is -2.57. The third-order valence-corrected chi connectivity index (χ3v) is 25.9. The van der Waals surface area contributed by atoms with E-state index in [1.807, 2.05) is 0 Å². The fourth-order valence-corrected chi connectivity index (χ4v) is 15.7. The number of aldehydes is 1. The van der Waals surface area contributed by atoms with Crippen LogP contribution in [0.4, 0.5) is 0 Å². The molecule has 2 spiro atoms. The van der Waals surface area contributed by atoms with E-state index >= 15 is 0 Å². The van der Waals surface area contributed by atoms with Crippen molar-refractivity contribution in [2.75, 3.05) is 11.5 Å². The zero-order chi connectivity index (χ0) is 30.8. The molecule has 3 aliphatic carbocycles. The van der Waals surface area contributed by atoms with Crippen LogP contribution >= 0.6 is 23.5 Å². The highest BCUT2D eigenvalue weighted by Crippen LogP contribution is 2.76. The van der Waals surface area contributed by atoms with E-state index in [9.17, 15) is 4.79 Å². The molecule has 7 atom stereocenters. The lowest BCUT2D eigenvalue weighted by Gasteiger charge is -2.57. The maximum Gasteiger partial charge on any atom is 0.192 e. The van der Waals surface area contributed by atoms with E-state index in [0.717, 1.165) is 44.9 Å². The molecule has 4 fully saturated rings. The van der Waals surface area contributed by atoms with Gasteiger partial charge in [-0.2, -0.15) is 0 Å². The van der Waals surface area contributed by atoms with Crippen LogP contribution in [0.5, 0.6) is 0 Å². The van der Waals surface area contributed by atoms with E-state index in [-0.39, 0.29) is 37.2 Å². The molecule has 0 aromatic carbocycles. The van der Waals surface area contributed by atoms with Crippen molar-refractivity contribution in [1.82, 2.24) is 0 Å². The van der Waals surface area contributed by atoms with Crippen LogP contribution < -0.4 is 0 Å². The minimum absolute atomic E-state index is 0.0414. The number of rotatable bonds is 5. The van der Waals surface area contributed by atoms with E-state index in [2.05, 4.69) is 98.2 Å². The first-order valence-corrected chi connectivity index (χ1v) is 24.5. The summed E-state index contributed by atoms with van der Waals surface area (Å²) in [6.07, 6.45) is 10.3. The van der Waals surface area contributed by atoms with Crippen LogP contribution in [0, 0.1) is 16.7 Å². The van der Waals surface area contributed by atoms with Crippen molar-refractivity contribution in [3.8, 4) is 0 Å². The van der Waals surface area contributed by atoms with Crippen molar-refractivity contribution in [3.63, 3.8) is 0 Å². The lowest BCUT2D eigenvalue weighted by molar-refractivity contribution is -0.122. The Labute approximate surface area is 267 Å². The molecule has 4 nitrogen and oxygen atoms in total. The normalized spacial score (nSPS) is 41.6. The molecule has 2 bridgehead atoms. The first kappa shape index (κ1) is 32.4. The molecule has 6 rings (SSSR count). The van der Waals surface area contributed by atoms with Gasteiger partial charge < -0.3 is 18.4 Å². The minimum Gasteiger partial charge on any atom is -0.414 e. The Morgan fingerprint density at radius 1 is 0.952 bits per heavy atom. The SMILES string of the molecule is CC(C)(C)[Si](C)(C)O[C@H]1CC[C@]2(C)C3=C(C[C@H](O[Si](C)(C)C(C)(C)C)[C@@H]2C1)[C@]12CC4(C[C@@]1(C=O)CC3O2)SCCCS4. The number of ether oxygens (including phenoxy) is 1. The van der Waals surface area contributed by atoms with Gasteiger partial charge in [-0.05, 0) is 115 Å². The Hall–Kier alpha value is 0.424. The summed E-state index contributed by atoms with van der Waals surface area (Å²) in [4.78, 5) is 13.2. The van der Waals surface area contributed by atoms with Gasteiger partial charge in [-0.25, -0.2) is 0 Å². The van der Waals surface area contributed by atoms with Gasteiger partial charge in [0, 0.05) is 12.5 Å². The largest absolute Gasteiger partial charge is 0.414 e. The Bertz CT molecular complexity index is 1150. The molecule has 3 heterocycles. The van der Waals surface area contributed by atoms with Gasteiger partial charge in [0.2, 0.25) is 0 Å². The molecular formula is C34H58O4S2Si2. The van der Waals surface area contributed by atoms with Crippen LogP contribution in [0.15, 0.2) is 11.1 Å². The van der Waals surface area contributed by atoms with Crippen molar-refractivity contribution in [2.24, 2.45) is 16.7 Å². The zero-order valence-electron chi connectivity index (χ0n) is 28.4. The summed E-state index contributed by atoms with van der Waals surface area (Å²) in [5.41, 5.74) is 2.33. The average Bonchev–Trinajstić information content (AvgIpc) is 3.43. The minimum atomic E-state index is -2.04. The van der Waals surface area contributed by atoms with Gasteiger partial charge in [0.05, 0.1) is 21.7 Å². The van der Waals surface area contributed by atoms with Gasteiger partial charge in [0.1, 0.15) is 11.9 Å². The molecular weight excluding hydrogens is 593 g/mol. The highest BCUT2D eigenvalue weighted by molar-refractivity contribution is 8.18. The third kappa shape index (κ3) is 4.64. The van der Waals surface area contributed by atoms with Gasteiger partial charge in [-0.3, -0.25) is 0 Å². The smallest absolute Gasteiger partial charge is 0.192 e. The highest BCUT2D eigenvalue weighted by atomic mass is 32.2. The van der Waals surface area contributed by atoms with Gasteiger partial charge in [0.15, 0.2) is 16.6 Å². The molecule has 6 aliphatic rings. The molecule has 2 saturated heterocycles. The van der Waals surface area contributed by atoms with Crippen molar-refractivity contribution in [1.29, 1.82) is 0 Å². The summed E-state index contributed by atoms with van der Waals surface area (Å²) in [6.45, 7) is 26.4. The van der Waals surface area contributed by atoms with Crippen LogP contribution in [0.3, 0.4) is 0 Å². The van der Waals surface area contributed by atoms with Crippen LogP contribution in [0.1, 0.15) is 99.8 Å². The fourth-order valence-electron chi connectivity index (χ4n) is 9.22. The Kier molecular flexibility index (Phi) is 7.68. The van der Waals surface area contributed by atoms with Gasteiger partial charge in [-0.1, -0.05) is 48.5 Å². The predicted molar refractivity (Wildman–Crippen MR) is 183 cm³/mol. The second-order valence-electron chi connectivity index (χ2n) is 18.0. The van der Waals surface area contributed by atoms with Crippen LogP contribution in [0.25, 0.3) is 0 Å². The van der Waals surface area contributed by atoms with Crippen molar-refractivity contribution >= 4 is 46.4 Å². The number of carbonyl (C=O) groups is 1. The Morgan fingerprint density at radius 3 is 2.17 bits per heavy atom. The first-order valence-electron chi connectivity index (χ1n) is 16.8. The van der Waals surface area contributed by atoms with Gasteiger partial charge >= 0.3 is 0 Å². The Morgan fingerprint density at radius 2 is 1.57 bits per heavy atom. The summed E-state index contributed by atoms with van der Waals surface area (Å²) in [7, 11) is -3.92. The maximum atomic E-state index is 13.2. The maximum absolute atomic E-state index is 13.2. The third-order valence-electron chi connectivity index (χ3n) is 13.5. The molecule has 8 heteroatoms.